The summed E-state index contributed by atoms with van der Waals surface area (Å²) in [6.45, 7) is 1.90. The van der Waals surface area contributed by atoms with E-state index in [4.69, 9.17) is 9.84 Å². The topological polar surface area (TPSA) is 46.5 Å². The summed E-state index contributed by atoms with van der Waals surface area (Å²) in [5, 5.41) is 8.68. The minimum atomic E-state index is -0.849. The summed E-state index contributed by atoms with van der Waals surface area (Å²) in [5.74, 6) is -0.166. The smallest absolute Gasteiger partial charge is 0.307 e. The molecule has 0 saturated carbocycles. The van der Waals surface area contributed by atoms with Gasteiger partial charge in [0.15, 0.2) is 0 Å². The highest BCUT2D eigenvalue weighted by Gasteiger charge is 2.09. The largest absolute Gasteiger partial charge is 0.497 e. The summed E-state index contributed by atoms with van der Waals surface area (Å²) < 4.78 is 5.89. The molecule has 0 bridgehead atoms. The molecule has 0 fully saturated rings. The molecule has 0 amide bonds. The van der Waals surface area contributed by atoms with Crippen LogP contribution in [-0.2, 0) is 11.2 Å². The second-order valence-electron chi connectivity index (χ2n) is 2.99. The van der Waals surface area contributed by atoms with Gasteiger partial charge >= 0.3 is 5.97 Å². The predicted octanol–water partition coefficient (Wildman–Crippen LogP) is 2.39. The van der Waals surface area contributed by atoms with Crippen LogP contribution in [0.4, 0.5) is 0 Å². The number of aryl methyl sites for hydroxylation is 1. The zero-order chi connectivity index (χ0) is 10.7. The van der Waals surface area contributed by atoms with E-state index in [1.54, 1.807) is 13.2 Å². The van der Waals surface area contributed by atoms with E-state index < -0.39 is 5.97 Å². The molecule has 0 spiro atoms. The van der Waals surface area contributed by atoms with Crippen LogP contribution in [0.1, 0.15) is 11.1 Å². The molecule has 0 aliphatic heterocycles. The first-order valence-electron chi connectivity index (χ1n) is 4.09. The van der Waals surface area contributed by atoms with Crippen molar-refractivity contribution in [2.24, 2.45) is 0 Å². The molecule has 0 atom stereocenters. The maximum atomic E-state index is 10.6. The lowest BCUT2D eigenvalue weighted by Crippen LogP contribution is -2.02. The fourth-order valence-electron chi connectivity index (χ4n) is 1.22. The Morgan fingerprint density at radius 3 is 2.71 bits per heavy atom. The number of benzene rings is 1. The van der Waals surface area contributed by atoms with Gasteiger partial charge in [0.25, 0.3) is 0 Å². The van der Waals surface area contributed by atoms with E-state index in [0.717, 1.165) is 15.6 Å². The summed E-state index contributed by atoms with van der Waals surface area (Å²) in [7, 11) is 1.56. The van der Waals surface area contributed by atoms with Gasteiger partial charge in [-0.1, -0.05) is 15.9 Å². The van der Waals surface area contributed by atoms with Gasteiger partial charge in [-0.2, -0.15) is 0 Å². The lowest BCUT2D eigenvalue weighted by Gasteiger charge is -2.08. The van der Waals surface area contributed by atoms with Crippen molar-refractivity contribution >= 4 is 21.9 Å². The molecular formula is C10H11BrO3. The van der Waals surface area contributed by atoms with E-state index in [1.165, 1.54) is 0 Å². The van der Waals surface area contributed by atoms with E-state index >= 15 is 0 Å². The number of aliphatic carboxylic acids is 1. The summed E-state index contributed by atoms with van der Waals surface area (Å²) in [6.07, 6.45) is -0.00137. The van der Waals surface area contributed by atoms with E-state index in [-0.39, 0.29) is 6.42 Å². The van der Waals surface area contributed by atoms with Crippen molar-refractivity contribution in [3.8, 4) is 5.75 Å². The van der Waals surface area contributed by atoms with Crippen LogP contribution >= 0.6 is 15.9 Å². The first-order chi connectivity index (χ1) is 6.54. The first-order valence-corrected chi connectivity index (χ1v) is 4.88. The average molecular weight is 259 g/mol. The molecule has 1 aromatic carbocycles. The fraction of sp³-hybridized carbons (Fsp3) is 0.300. The standard InChI is InChI=1S/C10H11BrO3/c1-6-3-8(14-2)4-7(10(6)11)5-9(12)13/h3-4H,5H2,1-2H3,(H,12,13). The molecule has 14 heavy (non-hydrogen) atoms. The number of methoxy groups -OCH3 is 1. The zero-order valence-electron chi connectivity index (χ0n) is 8.00. The van der Waals surface area contributed by atoms with Gasteiger partial charge in [0.2, 0.25) is 0 Å². The monoisotopic (exact) mass is 258 g/mol. The van der Waals surface area contributed by atoms with Gasteiger partial charge in [-0.15, -0.1) is 0 Å². The van der Waals surface area contributed by atoms with Crippen molar-refractivity contribution < 1.29 is 14.6 Å². The van der Waals surface area contributed by atoms with E-state index in [0.29, 0.717) is 5.75 Å². The van der Waals surface area contributed by atoms with Gasteiger partial charge in [-0.25, -0.2) is 0 Å². The highest BCUT2D eigenvalue weighted by atomic mass is 79.9. The Morgan fingerprint density at radius 2 is 2.21 bits per heavy atom. The quantitative estimate of drug-likeness (QED) is 0.906. The minimum Gasteiger partial charge on any atom is -0.497 e. The summed E-state index contributed by atoms with van der Waals surface area (Å²) in [5.41, 5.74) is 1.70. The van der Waals surface area contributed by atoms with Crippen molar-refractivity contribution in [3.63, 3.8) is 0 Å². The van der Waals surface area contributed by atoms with Crippen molar-refractivity contribution in [3.05, 3.63) is 27.7 Å². The Balaban J connectivity index is 3.13. The number of rotatable bonds is 3. The van der Waals surface area contributed by atoms with Gasteiger partial charge in [0, 0.05) is 4.47 Å². The molecule has 4 heteroatoms. The molecule has 1 N–H and O–H groups in total. The molecule has 1 rings (SSSR count). The molecule has 0 saturated heterocycles. The Hall–Kier alpha value is -1.03. The van der Waals surface area contributed by atoms with Gasteiger partial charge in [-0.05, 0) is 30.2 Å². The van der Waals surface area contributed by atoms with Crippen molar-refractivity contribution in [1.29, 1.82) is 0 Å². The SMILES string of the molecule is COc1cc(C)c(Br)c(CC(=O)O)c1. The van der Waals surface area contributed by atoms with Gasteiger partial charge in [-0.3, -0.25) is 4.79 Å². The second kappa shape index (κ2) is 4.46. The van der Waals surface area contributed by atoms with Crippen LogP contribution < -0.4 is 4.74 Å². The van der Waals surface area contributed by atoms with Crippen molar-refractivity contribution in [1.82, 2.24) is 0 Å². The average Bonchev–Trinajstić information content (AvgIpc) is 2.11. The van der Waals surface area contributed by atoms with E-state index in [2.05, 4.69) is 15.9 Å². The van der Waals surface area contributed by atoms with Crippen molar-refractivity contribution in [2.45, 2.75) is 13.3 Å². The fourth-order valence-corrected chi connectivity index (χ4v) is 1.59. The Labute approximate surface area is 90.8 Å². The number of carboxylic acid groups (broad SMARTS) is 1. The highest BCUT2D eigenvalue weighted by molar-refractivity contribution is 9.10. The molecule has 0 unspecified atom stereocenters. The Kier molecular flexibility index (Phi) is 3.52. The predicted molar refractivity (Wildman–Crippen MR) is 56.8 cm³/mol. The third-order valence-electron chi connectivity index (χ3n) is 1.88. The van der Waals surface area contributed by atoms with Crippen LogP contribution in [0, 0.1) is 6.92 Å². The summed E-state index contributed by atoms with van der Waals surface area (Å²) >= 11 is 3.35. The summed E-state index contributed by atoms with van der Waals surface area (Å²) in [4.78, 5) is 10.6. The van der Waals surface area contributed by atoms with Gasteiger partial charge in [0.05, 0.1) is 13.5 Å². The minimum absolute atomic E-state index is 0.00137. The van der Waals surface area contributed by atoms with Crippen LogP contribution in [0.5, 0.6) is 5.75 Å². The first kappa shape index (κ1) is 11.0. The van der Waals surface area contributed by atoms with Crippen LogP contribution in [0.25, 0.3) is 0 Å². The molecule has 0 aliphatic carbocycles. The van der Waals surface area contributed by atoms with Gasteiger partial charge in [0.1, 0.15) is 5.75 Å². The Bertz CT molecular complexity index is 361. The molecule has 0 aliphatic rings. The van der Waals surface area contributed by atoms with E-state index in [9.17, 15) is 4.79 Å². The number of ether oxygens (including phenoxy) is 1. The normalized spacial score (nSPS) is 9.93. The van der Waals surface area contributed by atoms with Crippen LogP contribution in [0.15, 0.2) is 16.6 Å². The van der Waals surface area contributed by atoms with Gasteiger partial charge < -0.3 is 9.84 Å². The molecular weight excluding hydrogens is 248 g/mol. The zero-order valence-corrected chi connectivity index (χ0v) is 9.59. The van der Waals surface area contributed by atoms with Crippen LogP contribution in [0.2, 0.25) is 0 Å². The highest BCUT2D eigenvalue weighted by Crippen LogP contribution is 2.27. The molecule has 76 valence electrons. The number of carbonyl (C=O) groups is 1. The summed E-state index contributed by atoms with van der Waals surface area (Å²) in [6, 6.07) is 3.58. The lowest BCUT2D eigenvalue weighted by molar-refractivity contribution is -0.136. The number of hydrogen-bond donors (Lipinski definition) is 1. The molecule has 0 aromatic heterocycles. The maximum absolute atomic E-state index is 10.6. The van der Waals surface area contributed by atoms with Crippen molar-refractivity contribution in [2.75, 3.05) is 7.11 Å². The molecule has 1 aromatic rings. The number of hydrogen-bond acceptors (Lipinski definition) is 2. The number of carboxylic acids is 1. The van der Waals surface area contributed by atoms with E-state index in [1.807, 2.05) is 13.0 Å². The maximum Gasteiger partial charge on any atom is 0.307 e. The molecule has 3 nitrogen and oxygen atoms in total. The molecule has 0 radical (unpaired) electrons. The number of halogens is 1. The molecule has 0 heterocycles. The third-order valence-corrected chi connectivity index (χ3v) is 3.02. The van der Waals surface area contributed by atoms with Crippen LogP contribution in [0.3, 0.4) is 0 Å². The second-order valence-corrected chi connectivity index (χ2v) is 3.78. The Morgan fingerprint density at radius 1 is 1.57 bits per heavy atom. The third kappa shape index (κ3) is 2.48. The van der Waals surface area contributed by atoms with Crippen LogP contribution in [-0.4, -0.2) is 18.2 Å². The lowest BCUT2D eigenvalue weighted by atomic mass is 10.1.